The highest BCUT2D eigenvalue weighted by atomic mass is 35.5. The van der Waals surface area contributed by atoms with Crippen LogP contribution in [0.15, 0.2) is 60.7 Å². The molecule has 0 aliphatic carbocycles. The lowest BCUT2D eigenvalue weighted by molar-refractivity contribution is 1.09. The van der Waals surface area contributed by atoms with Crippen LogP contribution >= 0.6 is 23.2 Å². The van der Waals surface area contributed by atoms with E-state index in [1.165, 1.54) is 0 Å². The lowest BCUT2D eigenvalue weighted by atomic mass is 10.1. The SMILES string of the molecule is Nc1nc(NCc2ccc(Cl)cc2)ccc1Cc1ccc(Cl)cc1. The molecule has 122 valence electrons. The number of nitrogens with two attached hydrogens (primary N) is 1. The fourth-order valence-corrected chi connectivity index (χ4v) is 2.62. The number of benzene rings is 2. The van der Waals surface area contributed by atoms with Crippen molar-refractivity contribution < 1.29 is 0 Å². The van der Waals surface area contributed by atoms with Gasteiger partial charge >= 0.3 is 0 Å². The zero-order chi connectivity index (χ0) is 16.9. The van der Waals surface area contributed by atoms with Crippen LogP contribution in [0.3, 0.4) is 0 Å². The van der Waals surface area contributed by atoms with Crippen LogP contribution in [-0.2, 0) is 13.0 Å². The van der Waals surface area contributed by atoms with E-state index in [-0.39, 0.29) is 0 Å². The van der Waals surface area contributed by atoms with Crippen LogP contribution in [0.5, 0.6) is 0 Å². The van der Waals surface area contributed by atoms with Crippen LogP contribution in [0.1, 0.15) is 16.7 Å². The first-order valence-electron chi connectivity index (χ1n) is 7.58. The van der Waals surface area contributed by atoms with E-state index in [4.69, 9.17) is 28.9 Å². The molecule has 5 heteroatoms. The lowest BCUT2D eigenvalue weighted by Gasteiger charge is -2.10. The third-order valence-electron chi connectivity index (χ3n) is 3.71. The molecular formula is C19H17Cl2N3. The Bertz CT molecular complexity index is 815. The number of anilines is 2. The third kappa shape index (κ3) is 4.40. The number of nitrogen functional groups attached to an aromatic ring is 1. The quantitative estimate of drug-likeness (QED) is 0.661. The van der Waals surface area contributed by atoms with Crippen LogP contribution < -0.4 is 11.1 Å². The standard InChI is InChI=1S/C19H17Cl2N3/c20-16-6-1-13(2-7-16)11-15-5-10-18(24-19(15)22)23-12-14-3-8-17(21)9-4-14/h1-10H,11-12H2,(H3,22,23,24). The Balaban J connectivity index is 1.65. The highest BCUT2D eigenvalue weighted by Gasteiger charge is 2.04. The monoisotopic (exact) mass is 357 g/mol. The molecule has 3 N–H and O–H groups in total. The smallest absolute Gasteiger partial charge is 0.129 e. The van der Waals surface area contributed by atoms with E-state index in [0.717, 1.165) is 39.0 Å². The fraction of sp³-hybridized carbons (Fsp3) is 0.105. The van der Waals surface area contributed by atoms with Gasteiger partial charge in [0.25, 0.3) is 0 Å². The Morgan fingerprint density at radius 2 is 1.38 bits per heavy atom. The van der Waals surface area contributed by atoms with Gasteiger partial charge in [-0.05, 0) is 47.0 Å². The first kappa shape index (κ1) is 16.6. The van der Waals surface area contributed by atoms with Crippen LogP contribution in [-0.4, -0.2) is 4.98 Å². The van der Waals surface area contributed by atoms with E-state index < -0.39 is 0 Å². The van der Waals surface area contributed by atoms with Gasteiger partial charge in [-0.25, -0.2) is 4.98 Å². The largest absolute Gasteiger partial charge is 0.383 e. The molecule has 0 amide bonds. The van der Waals surface area contributed by atoms with Crippen molar-refractivity contribution in [1.82, 2.24) is 4.98 Å². The number of hydrogen-bond acceptors (Lipinski definition) is 3. The second kappa shape index (κ2) is 7.56. The Morgan fingerprint density at radius 3 is 1.96 bits per heavy atom. The van der Waals surface area contributed by atoms with Gasteiger partial charge in [0.2, 0.25) is 0 Å². The molecule has 0 fully saturated rings. The van der Waals surface area contributed by atoms with Gasteiger partial charge in [0.05, 0.1) is 0 Å². The Hall–Kier alpha value is -2.23. The van der Waals surface area contributed by atoms with Crippen LogP contribution in [0.25, 0.3) is 0 Å². The topological polar surface area (TPSA) is 50.9 Å². The first-order valence-corrected chi connectivity index (χ1v) is 8.34. The van der Waals surface area contributed by atoms with E-state index in [2.05, 4.69) is 10.3 Å². The van der Waals surface area contributed by atoms with Gasteiger partial charge in [-0.15, -0.1) is 0 Å². The predicted molar refractivity (Wildman–Crippen MR) is 102 cm³/mol. The molecule has 24 heavy (non-hydrogen) atoms. The Kier molecular flexibility index (Phi) is 5.24. The molecule has 3 rings (SSSR count). The minimum Gasteiger partial charge on any atom is -0.383 e. The summed E-state index contributed by atoms with van der Waals surface area (Å²) in [4.78, 5) is 4.43. The van der Waals surface area contributed by atoms with Crippen molar-refractivity contribution >= 4 is 34.8 Å². The van der Waals surface area contributed by atoms with Crippen molar-refractivity contribution in [2.75, 3.05) is 11.1 Å². The summed E-state index contributed by atoms with van der Waals surface area (Å²) < 4.78 is 0. The fourth-order valence-electron chi connectivity index (χ4n) is 2.37. The maximum atomic E-state index is 6.09. The summed E-state index contributed by atoms with van der Waals surface area (Å²) in [5, 5.41) is 4.73. The predicted octanol–water partition coefficient (Wildman–Crippen LogP) is 5.17. The normalized spacial score (nSPS) is 10.6. The zero-order valence-electron chi connectivity index (χ0n) is 13.0. The molecule has 0 radical (unpaired) electrons. The van der Waals surface area contributed by atoms with Gasteiger partial charge in [0.15, 0.2) is 0 Å². The van der Waals surface area contributed by atoms with E-state index >= 15 is 0 Å². The summed E-state index contributed by atoms with van der Waals surface area (Å²) >= 11 is 11.8. The molecule has 0 spiro atoms. The average molecular weight is 358 g/mol. The number of nitrogens with zero attached hydrogens (tertiary/aromatic N) is 1. The maximum Gasteiger partial charge on any atom is 0.129 e. The number of hydrogen-bond donors (Lipinski definition) is 2. The molecule has 1 heterocycles. The summed E-state index contributed by atoms with van der Waals surface area (Å²) in [5.41, 5.74) is 9.37. The molecule has 0 aliphatic heterocycles. The molecule has 3 aromatic rings. The number of pyridine rings is 1. The molecule has 1 aromatic heterocycles. The van der Waals surface area contributed by atoms with Gasteiger partial charge in [-0.3, -0.25) is 0 Å². The summed E-state index contributed by atoms with van der Waals surface area (Å²) in [6.07, 6.45) is 0.730. The summed E-state index contributed by atoms with van der Waals surface area (Å²) in [7, 11) is 0. The van der Waals surface area contributed by atoms with Crippen LogP contribution in [0, 0.1) is 0 Å². The Morgan fingerprint density at radius 1 is 0.792 bits per heavy atom. The minimum atomic E-state index is 0.533. The van der Waals surface area contributed by atoms with E-state index in [1.54, 1.807) is 0 Å². The third-order valence-corrected chi connectivity index (χ3v) is 4.21. The molecule has 0 saturated carbocycles. The first-order chi connectivity index (χ1) is 11.6. The maximum absolute atomic E-state index is 6.09. The highest BCUT2D eigenvalue weighted by molar-refractivity contribution is 6.30. The van der Waals surface area contributed by atoms with Gasteiger partial charge in [0.1, 0.15) is 11.6 Å². The second-order valence-corrected chi connectivity index (χ2v) is 6.40. The van der Waals surface area contributed by atoms with Gasteiger partial charge in [0, 0.05) is 23.0 Å². The summed E-state index contributed by atoms with van der Waals surface area (Å²) in [6.45, 7) is 0.667. The molecule has 0 atom stereocenters. The molecule has 0 saturated heterocycles. The molecule has 0 unspecified atom stereocenters. The van der Waals surface area contributed by atoms with E-state index in [0.29, 0.717) is 12.4 Å². The van der Waals surface area contributed by atoms with E-state index in [9.17, 15) is 0 Å². The van der Waals surface area contributed by atoms with Gasteiger partial charge in [-0.2, -0.15) is 0 Å². The number of halogens is 2. The van der Waals surface area contributed by atoms with Crippen molar-refractivity contribution in [2.45, 2.75) is 13.0 Å². The van der Waals surface area contributed by atoms with Gasteiger partial charge in [-0.1, -0.05) is 53.5 Å². The van der Waals surface area contributed by atoms with E-state index in [1.807, 2.05) is 60.7 Å². The van der Waals surface area contributed by atoms with Gasteiger partial charge < -0.3 is 11.1 Å². The van der Waals surface area contributed by atoms with Crippen molar-refractivity contribution in [3.8, 4) is 0 Å². The van der Waals surface area contributed by atoms with Crippen molar-refractivity contribution in [3.63, 3.8) is 0 Å². The minimum absolute atomic E-state index is 0.533. The lowest BCUT2D eigenvalue weighted by Crippen LogP contribution is -2.05. The summed E-state index contributed by atoms with van der Waals surface area (Å²) in [6, 6.07) is 19.4. The zero-order valence-corrected chi connectivity index (χ0v) is 14.5. The van der Waals surface area contributed by atoms with Crippen LogP contribution in [0.4, 0.5) is 11.6 Å². The van der Waals surface area contributed by atoms with Crippen molar-refractivity contribution in [3.05, 3.63) is 87.4 Å². The van der Waals surface area contributed by atoms with Crippen molar-refractivity contribution in [1.29, 1.82) is 0 Å². The number of nitrogens with one attached hydrogen (secondary N) is 1. The molecule has 3 nitrogen and oxygen atoms in total. The number of aromatic nitrogens is 1. The van der Waals surface area contributed by atoms with Crippen molar-refractivity contribution in [2.24, 2.45) is 0 Å². The number of rotatable bonds is 5. The average Bonchev–Trinajstić information content (AvgIpc) is 2.58. The molecule has 0 aliphatic rings. The second-order valence-electron chi connectivity index (χ2n) is 5.52. The highest BCUT2D eigenvalue weighted by Crippen LogP contribution is 2.19. The molecular weight excluding hydrogens is 341 g/mol. The molecule has 2 aromatic carbocycles. The van der Waals surface area contributed by atoms with Crippen LogP contribution in [0.2, 0.25) is 10.0 Å². The summed E-state index contributed by atoms with van der Waals surface area (Å²) in [5.74, 6) is 1.29. The molecule has 0 bridgehead atoms. The Labute approximate surface area is 151 Å².